The molecule has 2 heterocycles. The van der Waals surface area contributed by atoms with Gasteiger partial charge in [0.1, 0.15) is 0 Å². The van der Waals surface area contributed by atoms with Crippen LogP contribution in [0.2, 0.25) is 0 Å². The molecule has 0 aliphatic heterocycles. The predicted molar refractivity (Wildman–Crippen MR) is 210 cm³/mol. The molecule has 0 N–H and O–H groups in total. The van der Waals surface area contributed by atoms with Crippen molar-refractivity contribution in [1.82, 2.24) is 19.9 Å². The highest BCUT2D eigenvalue weighted by Crippen LogP contribution is 2.37. The van der Waals surface area contributed by atoms with E-state index in [-0.39, 0.29) is 0 Å². The molecule has 242 valence electrons. The fourth-order valence-electron chi connectivity index (χ4n) is 6.67. The molecule has 0 aliphatic carbocycles. The summed E-state index contributed by atoms with van der Waals surface area (Å²) in [6.07, 6.45) is 0. The van der Waals surface area contributed by atoms with Crippen LogP contribution in [-0.4, -0.2) is 19.9 Å². The molecule has 0 fully saturated rings. The third-order valence-corrected chi connectivity index (χ3v) is 9.34. The van der Waals surface area contributed by atoms with Crippen LogP contribution in [0.5, 0.6) is 0 Å². The molecule has 0 saturated heterocycles. The summed E-state index contributed by atoms with van der Waals surface area (Å²) in [6.45, 7) is 0. The van der Waals surface area contributed by atoms with E-state index < -0.39 is 0 Å². The number of rotatable bonds is 6. The average molecular weight is 664 g/mol. The lowest BCUT2D eigenvalue weighted by atomic mass is 9.96. The fourth-order valence-corrected chi connectivity index (χ4v) is 6.67. The zero-order valence-corrected chi connectivity index (χ0v) is 28.0. The summed E-state index contributed by atoms with van der Waals surface area (Å²) >= 11 is 0. The first-order valence-corrected chi connectivity index (χ1v) is 17.1. The van der Waals surface area contributed by atoms with Gasteiger partial charge in [0.2, 0.25) is 0 Å². The Morgan fingerprint density at radius 3 is 1.52 bits per heavy atom. The number of hydrogen-bond donors (Lipinski definition) is 0. The summed E-state index contributed by atoms with van der Waals surface area (Å²) in [4.78, 5) is 20.3. The van der Waals surface area contributed by atoms with E-state index in [2.05, 4.69) is 91.0 Å². The van der Waals surface area contributed by atoms with Gasteiger partial charge in [0.05, 0.1) is 45.4 Å². The summed E-state index contributed by atoms with van der Waals surface area (Å²) < 4.78 is 0. The molecular formula is C47H29N5. The highest BCUT2D eigenvalue weighted by Gasteiger charge is 2.17. The lowest BCUT2D eigenvalue weighted by Crippen LogP contribution is -1.96. The minimum atomic E-state index is 0.628. The fraction of sp³-hybridized carbons (Fsp3) is 0. The van der Waals surface area contributed by atoms with E-state index in [4.69, 9.17) is 19.9 Å². The van der Waals surface area contributed by atoms with Gasteiger partial charge in [-0.25, -0.2) is 19.9 Å². The number of aromatic nitrogens is 4. The van der Waals surface area contributed by atoms with Crippen molar-refractivity contribution in [2.45, 2.75) is 0 Å². The molecule has 0 spiro atoms. The second-order valence-corrected chi connectivity index (χ2v) is 12.6. The van der Waals surface area contributed by atoms with E-state index >= 15 is 0 Å². The predicted octanol–water partition coefficient (Wildman–Crippen LogP) is 11.4. The van der Waals surface area contributed by atoms with Gasteiger partial charge in [-0.05, 0) is 52.2 Å². The zero-order valence-electron chi connectivity index (χ0n) is 28.0. The van der Waals surface area contributed by atoms with Crippen LogP contribution in [0.1, 0.15) is 5.56 Å². The van der Waals surface area contributed by atoms with Gasteiger partial charge in [-0.2, -0.15) is 5.26 Å². The molecular weight excluding hydrogens is 635 g/mol. The molecule has 9 aromatic rings. The third-order valence-electron chi connectivity index (χ3n) is 9.34. The van der Waals surface area contributed by atoms with Crippen LogP contribution in [0.15, 0.2) is 176 Å². The van der Waals surface area contributed by atoms with Crippen LogP contribution in [0.25, 0.3) is 89.4 Å². The molecule has 0 atom stereocenters. The van der Waals surface area contributed by atoms with Crippen molar-refractivity contribution >= 4 is 21.8 Å². The van der Waals surface area contributed by atoms with Crippen LogP contribution >= 0.6 is 0 Å². The second kappa shape index (κ2) is 13.2. The lowest BCUT2D eigenvalue weighted by Gasteiger charge is -2.13. The van der Waals surface area contributed by atoms with Gasteiger partial charge in [-0.3, -0.25) is 0 Å². The van der Waals surface area contributed by atoms with Crippen molar-refractivity contribution in [2.75, 3.05) is 0 Å². The van der Waals surface area contributed by atoms with E-state index in [1.807, 2.05) is 91.0 Å². The zero-order chi connectivity index (χ0) is 34.9. The van der Waals surface area contributed by atoms with Crippen molar-refractivity contribution in [3.8, 4) is 73.6 Å². The molecule has 7 aromatic carbocycles. The van der Waals surface area contributed by atoms with Crippen molar-refractivity contribution in [1.29, 1.82) is 5.26 Å². The Balaban J connectivity index is 1.08. The van der Waals surface area contributed by atoms with E-state index in [1.54, 1.807) is 0 Å². The molecule has 9 rings (SSSR count). The number of nitrogens with zero attached hydrogens (tertiary/aromatic N) is 5. The van der Waals surface area contributed by atoms with Crippen molar-refractivity contribution < 1.29 is 0 Å². The van der Waals surface area contributed by atoms with E-state index in [0.717, 1.165) is 83.5 Å². The monoisotopic (exact) mass is 663 g/mol. The number of para-hydroxylation sites is 2. The maximum Gasteiger partial charge on any atom is 0.160 e. The van der Waals surface area contributed by atoms with Gasteiger partial charge < -0.3 is 0 Å². The number of fused-ring (bicyclic) bond motifs is 2. The van der Waals surface area contributed by atoms with Gasteiger partial charge in [0, 0.05) is 27.8 Å². The first-order valence-electron chi connectivity index (χ1n) is 17.1. The number of benzene rings is 7. The van der Waals surface area contributed by atoms with Crippen molar-refractivity contribution in [3.63, 3.8) is 0 Å². The minimum Gasteiger partial charge on any atom is -0.244 e. The molecule has 2 aromatic heterocycles. The maximum absolute atomic E-state index is 9.49. The summed E-state index contributed by atoms with van der Waals surface area (Å²) in [5.74, 6) is 0.682. The second-order valence-electron chi connectivity index (χ2n) is 12.6. The van der Waals surface area contributed by atoms with Gasteiger partial charge in [-0.1, -0.05) is 146 Å². The largest absolute Gasteiger partial charge is 0.244 e. The molecule has 5 nitrogen and oxygen atoms in total. The molecule has 0 amide bonds. The Morgan fingerprint density at radius 2 is 0.923 bits per heavy atom. The van der Waals surface area contributed by atoms with Gasteiger partial charge in [0.25, 0.3) is 0 Å². The highest BCUT2D eigenvalue weighted by atomic mass is 14.9. The van der Waals surface area contributed by atoms with E-state index in [9.17, 15) is 5.26 Å². The summed E-state index contributed by atoms with van der Waals surface area (Å²) in [6, 6.07) is 61.5. The Labute approximate surface area is 301 Å². The standard InChI is InChI=1S/C47H29N5/c48-30-31-18-27-39-38(28-31)14-9-15-40(39)46-45(49-41-16-7-8-17-42(41)50-46)36-23-19-32(20-24-36)33-21-25-37(26-22-33)47-51-43(34-10-3-1-4-11-34)29-44(52-47)35-12-5-2-6-13-35/h1-29H. The highest BCUT2D eigenvalue weighted by molar-refractivity contribution is 6.00. The maximum atomic E-state index is 9.49. The van der Waals surface area contributed by atoms with Crippen LogP contribution < -0.4 is 0 Å². The molecule has 0 bridgehead atoms. The molecule has 0 saturated carbocycles. The van der Waals surface area contributed by atoms with Gasteiger partial charge in [-0.15, -0.1) is 0 Å². The number of hydrogen-bond acceptors (Lipinski definition) is 5. The Bertz CT molecular complexity index is 2710. The first kappa shape index (κ1) is 30.7. The van der Waals surface area contributed by atoms with Crippen LogP contribution in [-0.2, 0) is 0 Å². The molecule has 5 heteroatoms. The van der Waals surface area contributed by atoms with Crippen molar-refractivity contribution in [2.24, 2.45) is 0 Å². The van der Waals surface area contributed by atoms with Crippen LogP contribution in [0.4, 0.5) is 0 Å². The average Bonchev–Trinajstić information content (AvgIpc) is 3.23. The van der Waals surface area contributed by atoms with Crippen molar-refractivity contribution in [3.05, 3.63) is 181 Å². The first-order chi connectivity index (χ1) is 25.7. The SMILES string of the molecule is N#Cc1ccc2c(-c3nc4ccccc4nc3-c3ccc(-c4ccc(-c5nc(-c6ccccc6)cc(-c6ccccc6)n5)cc4)cc3)cccc2c1. The summed E-state index contributed by atoms with van der Waals surface area (Å²) in [5.41, 5.74) is 12.8. The topological polar surface area (TPSA) is 75.3 Å². The van der Waals surface area contributed by atoms with Crippen LogP contribution in [0.3, 0.4) is 0 Å². The molecule has 0 unspecified atom stereocenters. The van der Waals surface area contributed by atoms with E-state index in [1.165, 1.54) is 0 Å². The third kappa shape index (κ3) is 5.85. The van der Waals surface area contributed by atoms with Gasteiger partial charge >= 0.3 is 0 Å². The normalized spacial score (nSPS) is 11.1. The molecule has 52 heavy (non-hydrogen) atoms. The van der Waals surface area contributed by atoms with Gasteiger partial charge in [0.15, 0.2) is 5.82 Å². The minimum absolute atomic E-state index is 0.628. The number of nitriles is 1. The van der Waals surface area contributed by atoms with Crippen LogP contribution in [0, 0.1) is 11.3 Å². The van der Waals surface area contributed by atoms with E-state index in [0.29, 0.717) is 11.4 Å². The summed E-state index contributed by atoms with van der Waals surface area (Å²) in [7, 11) is 0. The quantitative estimate of drug-likeness (QED) is 0.177. The lowest BCUT2D eigenvalue weighted by molar-refractivity contribution is 1.18. The Hall–Kier alpha value is -7.29. The molecule has 0 aliphatic rings. The summed E-state index contributed by atoms with van der Waals surface area (Å²) in [5, 5.41) is 11.5. The Kier molecular flexibility index (Phi) is 7.81. The Morgan fingerprint density at radius 1 is 0.385 bits per heavy atom. The molecule has 0 radical (unpaired) electrons. The smallest absolute Gasteiger partial charge is 0.160 e.